The largest absolute Gasteiger partial charge is 0.490 e. The van der Waals surface area contributed by atoms with E-state index in [0.717, 1.165) is 32.2 Å². The van der Waals surface area contributed by atoms with E-state index in [2.05, 4.69) is 63.2 Å². The number of aromatic amines is 1. The summed E-state index contributed by atoms with van der Waals surface area (Å²) in [7, 11) is 0. The van der Waals surface area contributed by atoms with E-state index in [1.165, 1.54) is 5.56 Å². The summed E-state index contributed by atoms with van der Waals surface area (Å²) in [6, 6.07) is 20.2. The van der Waals surface area contributed by atoms with Gasteiger partial charge in [0.2, 0.25) is 0 Å². The van der Waals surface area contributed by atoms with Crippen molar-refractivity contribution >= 4 is 38.6 Å². The molecule has 4 rings (SSSR count). The van der Waals surface area contributed by atoms with Crippen LogP contribution < -0.4 is 9.47 Å². The highest BCUT2D eigenvalue weighted by molar-refractivity contribution is 9.10. The molecule has 0 saturated carbocycles. The fourth-order valence-electron chi connectivity index (χ4n) is 3.45. The van der Waals surface area contributed by atoms with Crippen molar-refractivity contribution in [2.75, 3.05) is 6.61 Å². The Morgan fingerprint density at radius 3 is 2.48 bits per heavy atom. The van der Waals surface area contributed by atoms with Crippen LogP contribution in [-0.4, -0.2) is 16.6 Å². The monoisotopic (exact) mass is 501 g/mol. The molecule has 0 amide bonds. The van der Waals surface area contributed by atoms with Crippen LogP contribution in [0, 0.1) is 25.2 Å². The summed E-state index contributed by atoms with van der Waals surface area (Å²) >= 11 is 3.62. The zero-order valence-corrected chi connectivity index (χ0v) is 20.4. The van der Waals surface area contributed by atoms with Crippen LogP contribution in [0.2, 0.25) is 0 Å². The van der Waals surface area contributed by atoms with Gasteiger partial charge in [-0.3, -0.25) is 0 Å². The summed E-state index contributed by atoms with van der Waals surface area (Å²) in [5, 5.41) is 9.82. The maximum absolute atomic E-state index is 9.82. The van der Waals surface area contributed by atoms with Crippen molar-refractivity contribution in [1.82, 2.24) is 9.97 Å². The first-order valence-electron chi connectivity index (χ1n) is 10.7. The van der Waals surface area contributed by atoms with Crippen LogP contribution in [0.4, 0.5) is 0 Å². The van der Waals surface area contributed by atoms with E-state index < -0.39 is 0 Å². The topological polar surface area (TPSA) is 70.9 Å². The van der Waals surface area contributed by atoms with E-state index in [1.807, 2.05) is 44.2 Å². The van der Waals surface area contributed by atoms with Crippen LogP contribution in [0.5, 0.6) is 11.5 Å². The third-order valence-corrected chi connectivity index (χ3v) is 5.88. The van der Waals surface area contributed by atoms with Gasteiger partial charge in [-0.15, -0.1) is 0 Å². The lowest BCUT2D eigenvalue weighted by atomic mass is 10.1. The molecular formula is C27H24BrN3O2. The molecule has 0 radical (unpaired) electrons. The Hall–Kier alpha value is -3.56. The normalized spacial score (nSPS) is 11.4. The molecule has 0 unspecified atom stereocenters. The zero-order valence-electron chi connectivity index (χ0n) is 18.8. The number of nitrogens with zero attached hydrogens (tertiary/aromatic N) is 2. The van der Waals surface area contributed by atoms with Gasteiger partial charge in [0.1, 0.15) is 18.5 Å². The van der Waals surface area contributed by atoms with Crippen LogP contribution in [-0.2, 0) is 6.61 Å². The summed E-state index contributed by atoms with van der Waals surface area (Å²) in [4.78, 5) is 7.83. The molecule has 0 atom stereocenters. The van der Waals surface area contributed by atoms with Crippen LogP contribution in [0.1, 0.15) is 35.0 Å². The molecule has 6 heteroatoms. The zero-order chi connectivity index (χ0) is 23.4. The van der Waals surface area contributed by atoms with Crippen molar-refractivity contribution in [2.24, 2.45) is 0 Å². The number of ether oxygens (including phenoxy) is 2. The van der Waals surface area contributed by atoms with Crippen molar-refractivity contribution in [3.8, 4) is 17.6 Å². The van der Waals surface area contributed by atoms with Gasteiger partial charge in [0.25, 0.3) is 0 Å². The van der Waals surface area contributed by atoms with Crippen LogP contribution >= 0.6 is 15.9 Å². The highest BCUT2D eigenvalue weighted by Crippen LogP contribution is 2.36. The van der Waals surface area contributed by atoms with Gasteiger partial charge < -0.3 is 14.5 Å². The standard InChI is InChI=1S/C27H24BrN3O2/c1-4-32-25-13-20(22(28)14-26(25)33-16-19-8-5-17(2)6-9-19)12-21(15-29)27-30-23-10-7-18(3)11-24(23)31-27/h5-14H,4,16H2,1-3H3,(H,30,31)/b21-12-. The maximum Gasteiger partial charge on any atom is 0.162 e. The number of halogens is 1. The van der Waals surface area contributed by atoms with Crippen molar-refractivity contribution in [1.29, 1.82) is 5.26 Å². The van der Waals surface area contributed by atoms with Gasteiger partial charge in [0.05, 0.1) is 23.2 Å². The Labute approximate surface area is 201 Å². The highest BCUT2D eigenvalue weighted by atomic mass is 79.9. The minimum Gasteiger partial charge on any atom is -0.490 e. The average molecular weight is 502 g/mol. The smallest absolute Gasteiger partial charge is 0.162 e. The Bertz CT molecular complexity index is 1360. The van der Waals surface area contributed by atoms with E-state index >= 15 is 0 Å². The summed E-state index contributed by atoms with van der Waals surface area (Å²) in [6.07, 6.45) is 1.79. The minimum absolute atomic E-state index is 0.431. The first kappa shape index (κ1) is 22.6. The number of nitrogens with one attached hydrogen (secondary N) is 1. The molecule has 33 heavy (non-hydrogen) atoms. The number of nitriles is 1. The number of rotatable bonds is 7. The summed E-state index contributed by atoms with van der Waals surface area (Å²) < 4.78 is 12.7. The van der Waals surface area contributed by atoms with Gasteiger partial charge >= 0.3 is 0 Å². The lowest BCUT2D eigenvalue weighted by molar-refractivity contribution is 0.269. The molecule has 5 nitrogen and oxygen atoms in total. The maximum atomic E-state index is 9.82. The molecule has 1 N–H and O–H groups in total. The first-order valence-corrected chi connectivity index (χ1v) is 11.5. The van der Waals surface area contributed by atoms with Crippen molar-refractivity contribution in [3.63, 3.8) is 0 Å². The molecular weight excluding hydrogens is 478 g/mol. The van der Waals surface area contributed by atoms with Crippen LogP contribution in [0.25, 0.3) is 22.7 Å². The van der Waals surface area contributed by atoms with E-state index in [0.29, 0.717) is 36.1 Å². The fourth-order valence-corrected chi connectivity index (χ4v) is 3.88. The molecule has 0 saturated heterocycles. The molecule has 0 aliphatic rings. The number of fused-ring (bicyclic) bond motifs is 1. The second kappa shape index (κ2) is 9.93. The molecule has 3 aromatic carbocycles. The number of hydrogen-bond donors (Lipinski definition) is 1. The van der Waals surface area contributed by atoms with Gasteiger partial charge in [-0.1, -0.05) is 51.8 Å². The van der Waals surface area contributed by atoms with Crippen molar-refractivity contribution in [3.05, 3.63) is 87.1 Å². The molecule has 4 aromatic rings. The first-order chi connectivity index (χ1) is 16.0. The molecule has 1 heterocycles. The van der Waals surface area contributed by atoms with E-state index in [9.17, 15) is 5.26 Å². The predicted molar refractivity (Wildman–Crippen MR) is 135 cm³/mol. The lowest BCUT2D eigenvalue weighted by Gasteiger charge is -2.14. The third kappa shape index (κ3) is 5.27. The quantitative estimate of drug-likeness (QED) is 0.277. The summed E-state index contributed by atoms with van der Waals surface area (Å²) in [5.41, 5.74) is 6.38. The Morgan fingerprint density at radius 2 is 1.76 bits per heavy atom. The summed E-state index contributed by atoms with van der Waals surface area (Å²) in [6.45, 7) is 6.95. The number of benzene rings is 3. The van der Waals surface area contributed by atoms with Gasteiger partial charge in [0, 0.05) is 4.47 Å². The number of aromatic nitrogens is 2. The van der Waals surface area contributed by atoms with E-state index in [1.54, 1.807) is 6.08 Å². The number of allylic oxidation sites excluding steroid dienone is 1. The summed E-state index contributed by atoms with van der Waals surface area (Å²) in [5.74, 6) is 1.79. The van der Waals surface area contributed by atoms with Gasteiger partial charge in [0.15, 0.2) is 11.5 Å². The molecule has 0 bridgehead atoms. The van der Waals surface area contributed by atoms with Crippen LogP contribution in [0.15, 0.2) is 59.1 Å². The highest BCUT2D eigenvalue weighted by Gasteiger charge is 2.13. The number of hydrogen-bond acceptors (Lipinski definition) is 4. The number of H-pyrrole nitrogens is 1. The molecule has 1 aromatic heterocycles. The van der Waals surface area contributed by atoms with Gasteiger partial charge in [-0.2, -0.15) is 5.26 Å². The fraction of sp³-hybridized carbons (Fsp3) is 0.185. The molecule has 0 fully saturated rings. The SMILES string of the molecule is CCOc1cc(/C=C(/C#N)c2nc3ccc(C)cc3[nH]2)c(Br)cc1OCc1ccc(C)cc1. The minimum atomic E-state index is 0.431. The van der Waals surface area contributed by atoms with Crippen molar-refractivity contribution in [2.45, 2.75) is 27.4 Å². The average Bonchev–Trinajstić information content (AvgIpc) is 3.22. The Kier molecular flexibility index (Phi) is 6.81. The predicted octanol–water partition coefficient (Wildman–Crippen LogP) is 6.98. The Balaban J connectivity index is 1.65. The van der Waals surface area contributed by atoms with Crippen molar-refractivity contribution < 1.29 is 9.47 Å². The number of imidazole rings is 1. The van der Waals surface area contributed by atoms with E-state index in [-0.39, 0.29) is 0 Å². The molecule has 0 aliphatic carbocycles. The second-order valence-electron chi connectivity index (χ2n) is 7.80. The molecule has 166 valence electrons. The van der Waals surface area contributed by atoms with E-state index in [4.69, 9.17) is 9.47 Å². The second-order valence-corrected chi connectivity index (χ2v) is 8.66. The third-order valence-electron chi connectivity index (χ3n) is 5.19. The number of aryl methyl sites for hydroxylation is 2. The van der Waals surface area contributed by atoms with Gasteiger partial charge in [-0.25, -0.2) is 4.98 Å². The van der Waals surface area contributed by atoms with Gasteiger partial charge in [-0.05, 0) is 67.8 Å². The Morgan fingerprint density at radius 1 is 1.03 bits per heavy atom. The molecule has 0 aliphatic heterocycles. The molecule has 0 spiro atoms. The van der Waals surface area contributed by atoms with Crippen LogP contribution in [0.3, 0.4) is 0 Å². The lowest BCUT2D eigenvalue weighted by Crippen LogP contribution is -2.00.